The van der Waals surface area contributed by atoms with Gasteiger partial charge < -0.3 is 9.47 Å². The van der Waals surface area contributed by atoms with Crippen LogP contribution in [0.2, 0.25) is 5.02 Å². The first-order chi connectivity index (χ1) is 13.7. The monoisotopic (exact) mass is 416 g/mol. The van der Waals surface area contributed by atoms with Crippen LogP contribution in [0.15, 0.2) is 58.5 Å². The summed E-state index contributed by atoms with van der Waals surface area (Å²) in [4.78, 5) is 17.8. The maximum absolute atomic E-state index is 13.1. The lowest BCUT2D eigenvalue weighted by atomic mass is 10.2. The van der Waals surface area contributed by atoms with Gasteiger partial charge >= 0.3 is 0 Å². The summed E-state index contributed by atoms with van der Waals surface area (Å²) < 4.78 is 13.2. The number of hydrogen-bond donors (Lipinski definition) is 0. The maximum Gasteiger partial charge on any atom is 0.262 e. The molecule has 0 radical (unpaired) electrons. The lowest BCUT2D eigenvalue weighted by Crippen LogP contribution is -2.29. The van der Waals surface area contributed by atoms with Crippen LogP contribution in [0.1, 0.15) is 12.8 Å². The van der Waals surface area contributed by atoms with Gasteiger partial charge in [-0.1, -0.05) is 41.6 Å². The van der Waals surface area contributed by atoms with Crippen molar-refractivity contribution in [1.29, 1.82) is 0 Å². The van der Waals surface area contributed by atoms with Crippen LogP contribution in [0.4, 0.5) is 0 Å². The van der Waals surface area contributed by atoms with Crippen molar-refractivity contribution < 1.29 is 9.47 Å². The average Bonchev–Trinajstić information content (AvgIpc) is 3.22. The molecule has 1 aromatic heterocycles. The molecule has 1 aliphatic rings. The van der Waals surface area contributed by atoms with E-state index in [2.05, 4.69) is 0 Å². The summed E-state index contributed by atoms with van der Waals surface area (Å²) in [6, 6.07) is 14.9. The predicted octanol–water partition coefficient (Wildman–Crippen LogP) is 4.40. The summed E-state index contributed by atoms with van der Waals surface area (Å²) in [5, 5.41) is 1.82. The number of nitrogens with zero attached hydrogens (tertiary/aromatic N) is 2. The summed E-state index contributed by atoms with van der Waals surface area (Å²) in [5.41, 5.74) is 0.566. The largest absolute Gasteiger partial charge is 0.493 e. The third-order valence-corrected chi connectivity index (χ3v) is 5.79. The molecule has 0 amide bonds. The molecular weight excluding hydrogens is 396 g/mol. The minimum absolute atomic E-state index is 0.0522. The molecule has 3 aromatic rings. The molecule has 0 aliphatic carbocycles. The Kier molecular flexibility index (Phi) is 6.20. The molecule has 146 valence electrons. The number of para-hydroxylation sites is 1. The Hall–Kier alpha value is -2.02. The number of benzene rings is 2. The SMILES string of the molecule is O=c1c2ccc(Cl)cc2nc(SCCOc2ccccc2)n1C[C@@H]1CCCO1. The number of halogens is 1. The number of aromatic nitrogens is 2. The molecule has 1 saturated heterocycles. The van der Waals surface area contributed by atoms with E-state index in [1.165, 1.54) is 11.8 Å². The third-order valence-electron chi connectivity index (χ3n) is 4.62. The Labute approximate surface area is 172 Å². The van der Waals surface area contributed by atoms with Crippen molar-refractivity contribution in [3.8, 4) is 5.75 Å². The number of hydrogen-bond acceptors (Lipinski definition) is 5. The van der Waals surface area contributed by atoms with Crippen LogP contribution < -0.4 is 10.3 Å². The third kappa shape index (κ3) is 4.51. The summed E-state index contributed by atoms with van der Waals surface area (Å²) in [6.45, 7) is 1.80. The number of fused-ring (bicyclic) bond motifs is 1. The van der Waals surface area contributed by atoms with Crippen molar-refractivity contribution >= 4 is 34.3 Å². The highest BCUT2D eigenvalue weighted by atomic mass is 35.5. The zero-order valence-electron chi connectivity index (χ0n) is 15.3. The molecule has 2 heterocycles. The van der Waals surface area contributed by atoms with Crippen LogP contribution >= 0.6 is 23.4 Å². The van der Waals surface area contributed by atoms with Gasteiger partial charge in [0.1, 0.15) is 5.75 Å². The predicted molar refractivity (Wildman–Crippen MR) is 113 cm³/mol. The van der Waals surface area contributed by atoms with Crippen molar-refractivity contribution in [1.82, 2.24) is 9.55 Å². The lowest BCUT2D eigenvalue weighted by Gasteiger charge is -2.16. The van der Waals surface area contributed by atoms with Gasteiger partial charge in [-0.3, -0.25) is 9.36 Å². The van der Waals surface area contributed by atoms with E-state index < -0.39 is 0 Å². The van der Waals surface area contributed by atoms with Crippen LogP contribution in [0, 0.1) is 0 Å². The second-order valence-electron chi connectivity index (χ2n) is 6.62. The molecule has 1 fully saturated rings. The van der Waals surface area contributed by atoms with Crippen LogP contribution in [-0.4, -0.2) is 34.6 Å². The molecule has 1 aliphatic heterocycles. The minimum atomic E-state index is -0.0522. The topological polar surface area (TPSA) is 53.3 Å². The van der Waals surface area contributed by atoms with Crippen molar-refractivity contribution in [2.75, 3.05) is 19.0 Å². The molecule has 28 heavy (non-hydrogen) atoms. The van der Waals surface area contributed by atoms with Gasteiger partial charge in [0, 0.05) is 17.4 Å². The summed E-state index contributed by atoms with van der Waals surface area (Å²) in [5.74, 6) is 1.51. The van der Waals surface area contributed by atoms with Crippen LogP contribution in [0.5, 0.6) is 5.75 Å². The number of thioether (sulfide) groups is 1. The van der Waals surface area contributed by atoms with Gasteiger partial charge in [-0.05, 0) is 43.2 Å². The number of ether oxygens (including phenoxy) is 2. The van der Waals surface area contributed by atoms with Crippen LogP contribution in [0.25, 0.3) is 10.9 Å². The normalized spacial score (nSPS) is 16.5. The van der Waals surface area contributed by atoms with E-state index in [-0.39, 0.29) is 11.7 Å². The molecule has 0 bridgehead atoms. The molecule has 7 heteroatoms. The van der Waals surface area contributed by atoms with E-state index in [1.807, 2.05) is 30.3 Å². The standard InChI is InChI=1S/C21H21ClN2O3S/c22-15-8-9-18-19(13-15)23-21(24(20(18)25)14-17-7-4-10-26-17)28-12-11-27-16-5-2-1-3-6-16/h1-3,5-6,8-9,13,17H,4,7,10-12,14H2/t17-/m0/s1. The summed E-state index contributed by atoms with van der Waals surface area (Å²) in [6.07, 6.45) is 2.06. The maximum atomic E-state index is 13.1. The van der Waals surface area contributed by atoms with E-state index in [0.717, 1.165) is 25.2 Å². The van der Waals surface area contributed by atoms with Gasteiger partial charge in [0.25, 0.3) is 5.56 Å². The van der Waals surface area contributed by atoms with Gasteiger partial charge in [-0.25, -0.2) is 4.98 Å². The molecule has 0 spiro atoms. The first kappa shape index (κ1) is 19.3. The van der Waals surface area contributed by atoms with Crippen LogP contribution in [-0.2, 0) is 11.3 Å². The molecule has 5 nitrogen and oxygen atoms in total. The Morgan fingerprint density at radius 2 is 2.11 bits per heavy atom. The molecular formula is C21H21ClN2O3S. The van der Waals surface area contributed by atoms with Crippen molar-refractivity contribution in [3.05, 3.63) is 63.9 Å². The van der Waals surface area contributed by atoms with E-state index in [0.29, 0.717) is 40.0 Å². The highest BCUT2D eigenvalue weighted by Crippen LogP contribution is 2.23. The Morgan fingerprint density at radius 3 is 2.89 bits per heavy atom. The molecule has 2 aromatic carbocycles. The fourth-order valence-corrected chi connectivity index (χ4v) is 4.24. The molecule has 0 saturated carbocycles. The zero-order chi connectivity index (χ0) is 19.3. The van der Waals surface area contributed by atoms with Gasteiger partial charge in [-0.15, -0.1) is 0 Å². The van der Waals surface area contributed by atoms with Gasteiger partial charge in [0.15, 0.2) is 5.16 Å². The van der Waals surface area contributed by atoms with Gasteiger partial charge in [-0.2, -0.15) is 0 Å². The molecule has 4 rings (SSSR count). The highest BCUT2D eigenvalue weighted by Gasteiger charge is 2.20. The lowest BCUT2D eigenvalue weighted by molar-refractivity contribution is 0.0937. The number of rotatable bonds is 7. The molecule has 1 atom stereocenters. The summed E-state index contributed by atoms with van der Waals surface area (Å²) >= 11 is 7.61. The van der Waals surface area contributed by atoms with Crippen molar-refractivity contribution in [2.24, 2.45) is 0 Å². The van der Waals surface area contributed by atoms with Gasteiger partial charge in [0.05, 0.1) is 30.2 Å². The van der Waals surface area contributed by atoms with E-state index in [9.17, 15) is 4.79 Å². The van der Waals surface area contributed by atoms with Crippen molar-refractivity contribution in [3.63, 3.8) is 0 Å². The molecule has 0 unspecified atom stereocenters. The zero-order valence-corrected chi connectivity index (χ0v) is 16.9. The fraction of sp³-hybridized carbons (Fsp3) is 0.333. The second-order valence-corrected chi connectivity index (χ2v) is 8.12. The molecule has 0 N–H and O–H groups in total. The quantitative estimate of drug-likeness (QED) is 0.324. The Balaban J connectivity index is 1.56. The van der Waals surface area contributed by atoms with Gasteiger partial charge in [0.2, 0.25) is 0 Å². The summed E-state index contributed by atoms with van der Waals surface area (Å²) in [7, 11) is 0. The first-order valence-electron chi connectivity index (χ1n) is 9.33. The van der Waals surface area contributed by atoms with Crippen LogP contribution in [0.3, 0.4) is 0 Å². The average molecular weight is 417 g/mol. The van der Waals surface area contributed by atoms with E-state index in [1.54, 1.807) is 22.8 Å². The smallest absolute Gasteiger partial charge is 0.262 e. The second kappa shape index (κ2) is 8.99. The van der Waals surface area contributed by atoms with E-state index >= 15 is 0 Å². The minimum Gasteiger partial charge on any atom is -0.493 e. The Morgan fingerprint density at radius 1 is 1.25 bits per heavy atom. The van der Waals surface area contributed by atoms with Crippen molar-refractivity contribution in [2.45, 2.75) is 30.6 Å². The Bertz CT molecular complexity index is 1000. The van der Waals surface area contributed by atoms with E-state index in [4.69, 9.17) is 26.1 Å². The fourth-order valence-electron chi connectivity index (χ4n) is 3.25. The highest BCUT2D eigenvalue weighted by molar-refractivity contribution is 7.99. The first-order valence-corrected chi connectivity index (χ1v) is 10.7.